The molecule has 0 aromatic heterocycles. The lowest BCUT2D eigenvalue weighted by Gasteiger charge is -2.31. The number of aliphatic hydroxyl groups is 1. The summed E-state index contributed by atoms with van der Waals surface area (Å²) in [6, 6.07) is 11.4. The van der Waals surface area contributed by atoms with E-state index in [9.17, 15) is 15.0 Å². The van der Waals surface area contributed by atoms with Gasteiger partial charge in [-0.15, -0.1) is 0 Å². The number of aliphatic hydroxyl groups excluding tert-OH is 1. The van der Waals surface area contributed by atoms with E-state index in [1.165, 1.54) is 18.1 Å². The first-order chi connectivity index (χ1) is 12.7. The molecule has 0 fully saturated rings. The molecule has 0 saturated carbocycles. The number of rotatable bonds is 6. The first-order valence-corrected chi connectivity index (χ1v) is 8.84. The molecule has 0 radical (unpaired) electrons. The van der Waals surface area contributed by atoms with Gasteiger partial charge in [0.25, 0.3) is 0 Å². The summed E-state index contributed by atoms with van der Waals surface area (Å²) in [6.45, 7) is 5.62. The van der Waals surface area contributed by atoms with Crippen molar-refractivity contribution in [2.45, 2.75) is 38.6 Å². The van der Waals surface area contributed by atoms with E-state index >= 15 is 0 Å². The summed E-state index contributed by atoms with van der Waals surface area (Å²) in [7, 11) is 1.49. The quantitative estimate of drug-likeness (QED) is 0.725. The SMILES string of the molecule is COc1cc(C(C)(C)C)c(O)cc1N(C(N)=O)[C@H](CO)Cc1ccccc1. The maximum atomic E-state index is 12.3. The van der Waals surface area contributed by atoms with E-state index in [0.29, 0.717) is 23.4 Å². The number of ether oxygens (including phenoxy) is 1. The van der Waals surface area contributed by atoms with Gasteiger partial charge in [-0.05, 0) is 23.5 Å². The van der Waals surface area contributed by atoms with Gasteiger partial charge in [-0.1, -0.05) is 51.1 Å². The zero-order valence-corrected chi connectivity index (χ0v) is 16.3. The maximum absolute atomic E-state index is 12.3. The molecule has 4 N–H and O–H groups in total. The van der Waals surface area contributed by atoms with Crippen LogP contribution in [-0.4, -0.2) is 36.0 Å². The Kier molecular flexibility index (Phi) is 6.33. The van der Waals surface area contributed by atoms with E-state index in [0.717, 1.165) is 5.56 Å². The fourth-order valence-electron chi connectivity index (χ4n) is 3.13. The Morgan fingerprint density at radius 3 is 2.33 bits per heavy atom. The van der Waals surface area contributed by atoms with Crippen LogP contribution in [0.2, 0.25) is 0 Å². The summed E-state index contributed by atoms with van der Waals surface area (Å²) in [5, 5.41) is 20.5. The van der Waals surface area contributed by atoms with Gasteiger partial charge >= 0.3 is 6.03 Å². The molecule has 27 heavy (non-hydrogen) atoms. The maximum Gasteiger partial charge on any atom is 0.319 e. The van der Waals surface area contributed by atoms with Crippen molar-refractivity contribution in [2.24, 2.45) is 5.73 Å². The highest BCUT2D eigenvalue weighted by atomic mass is 16.5. The number of carbonyl (C=O) groups is 1. The minimum atomic E-state index is -0.730. The molecule has 0 aliphatic rings. The average Bonchev–Trinajstić information content (AvgIpc) is 2.60. The second-order valence-corrected chi connectivity index (χ2v) is 7.53. The summed E-state index contributed by atoms with van der Waals surface area (Å²) < 4.78 is 5.47. The van der Waals surface area contributed by atoms with Gasteiger partial charge in [0.05, 0.1) is 25.4 Å². The summed E-state index contributed by atoms with van der Waals surface area (Å²) >= 11 is 0. The van der Waals surface area contributed by atoms with Gasteiger partial charge in [-0.25, -0.2) is 4.79 Å². The molecular formula is C21H28N2O4. The highest BCUT2D eigenvalue weighted by molar-refractivity contribution is 5.93. The van der Waals surface area contributed by atoms with Crippen LogP contribution >= 0.6 is 0 Å². The van der Waals surface area contributed by atoms with Gasteiger partial charge in [0, 0.05) is 11.6 Å². The Labute approximate surface area is 160 Å². The van der Waals surface area contributed by atoms with Gasteiger partial charge in [-0.3, -0.25) is 4.90 Å². The van der Waals surface area contributed by atoms with Crippen molar-refractivity contribution in [3.05, 3.63) is 53.6 Å². The van der Waals surface area contributed by atoms with Gasteiger partial charge in [0.15, 0.2) is 0 Å². The molecule has 146 valence electrons. The smallest absolute Gasteiger partial charge is 0.319 e. The highest BCUT2D eigenvalue weighted by Gasteiger charge is 2.29. The number of primary amides is 1. The first kappa shape index (κ1) is 20.6. The van der Waals surface area contributed by atoms with Crippen LogP contribution in [0.15, 0.2) is 42.5 Å². The number of amides is 2. The van der Waals surface area contributed by atoms with Crippen molar-refractivity contribution in [3.63, 3.8) is 0 Å². The number of aromatic hydroxyl groups is 1. The number of phenols is 1. The molecule has 6 nitrogen and oxygen atoms in total. The largest absolute Gasteiger partial charge is 0.508 e. The Balaban J connectivity index is 2.52. The second-order valence-electron chi connectivity index (χ2n) is 7.53. The van der Waals surface area contributed by atoms with Gasteiger partial charge in [0.2, 0.25) is 0 Å². The van der Waals surface area contributed by atoms with Crippen LogP contribution in [0.25, 0.3) is 0 Å². The topological polar surface area (TPSA) is 96.0 Å². The molecule has 6 heteroatoms. The number of methoxy groups -OCH3 is 1. The van der Waals surface area contributed by atoms with Crippen LogP contribution in [0.5, 0.6) is 11.5 Å². The van der Waals surface area contributed by atoms with Crippen molar-refractivity contribution in [1.82, 2.24) is 0 Å². The van der Waals surface area contributed by atoms with Crippen molar-refractivity contribution in [3.8, 4) is 11.5 Å². The van der Waals surface area contributed by atoms with Crippen LogP contribution in [0, 0.1) is 0 Å². The number of urea groups is 1. The number of nitrogens with two attached hydrogens (primary N) is 1. The molecule has 0 aliphatic carbocycles. The zero-order valence-electron chi connectivity index (χ0n) is 16.3. The molecule has 0 saturated heterocycles. The normalized spacial score (nSPS) is 12.5. The third kappa shape index (κ3) is 4.71. The van der Waals surface area contributed by atoms with Crippen molar-refractivity contribution in [1.29, 1.82) is 0 Å². The van der Waals surface area contributed by atoms with E-state index in [-0.39, 0.29) is 17.8 Å². The van der Waals surface area contributed by atoms with Gasteiger partial charge in [-0.2, -0.15) is 0 Å². The van der Waals surface area contributed by atoms with Gasteiger partial charge < -0.3 is 20.7 Å². The highest BCUT2D eigenvalue weighted by Crippen LogP contribution is 2.40. The molecule has 2 amide bonds. The Morgan fingerprint density at radius 2 is 1.85 bits per heavy atom. The second kappa shape index (κ2) is 8.31. The fourth-order valence-corrected chi connectivity index (χ4v) is 3.13. The predicted octanol–water partition coefficient (Wildman–Crippen LogP) is 3.19. The molecular weight excluding hydrogens is 344 g/mol. The molecule has 0 heterocycles. The number of carbonyl (C=O) groups excluding carboxylic acids is 1. The Bertz CT molecular complexity index is 785. The number of hydrogen-bond acceptors (Lipinski definition) is 4. The standard InChI is InChI=1S/C21H28N2O4/c1-21(2,3)16-11-19(27-4)17(12-18(16)25)23(20(22)26)15(13-24)10-14-8-6-5-7-9-14/h5-9,11-12,15,24-25H,10,13H2,1-4H3,(H2,22,26)/t15-/m0/s1. The summed E-state index contributed by atoms with van der Waals surface area (Å²) in [5.74, 6) is 0.448. The van der Waals surface area contributed by atoms with Crippen molar-refractivity contribution < 1.29 is 19.7 Å². The number of anilines is 1. The van der Waals surface area contributed by atoms with E-state index in [2.05, 4.69) is 0 Å². The molecule has 2 aromatic carbocycles. The molecule has 0 aliphatic heterocycles. The summed E-state index contributed by atoms with van der Waals surface area (Å²) in [4.78, 5) is 13.5. The molecule has 0 spiro atoms. The van der Waals surface area contributed by atoms with Crippen LogP contribution < -0.4 is 15.4 Å². The predicted molar refractivity (Wildman–Crippen MR) is 106 cm³/mol. The molecule has 0 unspecified atom stereocenters. The lowest BCUT2D eigenvalue weighted by atomic mass is 9.86. The average molecular weight is 372 g/mol. The first-order valence-electron chi connectivity index (χ1n) is 8.84. The van der Waals surface area contributed by atoms with E-state index in [1.807, 2.05) is 51.1 Å². The number of hydrogen-bond donors (Lipinski definition) is 3. The minimum Gasteiger partial charge on any atom is -0.508 e. The summed E-state index contributed by atoms with van der Waals surface area (Å²) in [5.41, 5.74) is 7.29. The third-order valence-corrected chi connectivity index (χ3v) is 4.49. The number of phenolic OH excluding ortho intramolecular Hbond substituents is 1. The van der Waals surface area contributed by atoms with E-state index in [4.69, 9.17) is 10.5 Å². The third-order valence-electron chi connectivity index (χ3n) is 4.49. The Hall–Kier alpha value is -2.73. The lowest BCUT2D eigenvalue weighted by Crippen LogP contribution is -2.47. The molecule has 2 rings (SSSR count). The number of nitrogens with zero attached hydrogens (tertiary/aromatic N) is 1. The van der Waals surface area contributed by atoms with Crippen molar-refractivity contribution in [2.75, 3.05) is 18.6 Å². The van der Waals surface area contributed by atoms with Crippen LogP contribution in [0.1, 0.15) is 31.9 Å². The zero-order chi connectivity index (χ0) is 20.2. The molecule has 2 aromatic rings. The Morgan fingerprint density at radius 1 is 1.22 bits per heavy atom. The fraction of sp³-hybridized carbons (Fsp3) is 0.381. The van der Waals surface area contributed by atoms with E-state index < -0.39 is 12.1 Å². The van der Waals surface area contributed by atoms with E-state index in [1.54, 1.807) is 6.07 Å². The van der Waals surface area contributed by atoms with Crippen LogP contribution in [0.4, 0.5) is 10.5 Å². The van der Waals surface area contributed by atoms with Crippen LogP contribution in [-0.2, 0) is 11.8 Å². The lowest BCUT2D eigenvalue weighted by molar-refractivity contribution is 0.234. The minimum absolute atomic E-state index is 0.0425. The van der Waals surface area contributed by atoms with Gasteiger partial charge in [0.1, 0.15) is 11.5 Å². The van der Waals surface area contributed by atoms with Crippen molar-refractivity contribution >= 4 is 11.7 Å². The molecule has 1 atom stereocenters. The summed E-state index contributed by atoms with van der Waals surface area (Å²) in [6.07, 6.45) is 0.408. The molecule has 0 bridgehead atoms. The monoisotopic (exact) mass is 372 g/mol. The number of benzene rings is 2. The van der Waals surface area contributed by atoms with Crippen LogP contribution in [0.3, 0.4) is 0 Å².